The van der Waals surface area contributed by atoms with Crippen LogP contribution < -0.4 is 14.4 Å². The van der Waals surface area contributed by atoms with Gasteiger partial charge in [0.25, 0.3) is 0 Å². The minimum absolute atomic E-state index is 0.0735. The molecule has 1 fully saturated rings. The molecule has 1 aliphatic rings. The zero-order valence-electron chi connectivity index (χ0n) is 12.6. The van der Waals surface area contributed by atoms with Gasteiger partial charge in [0.1, 0.15) is 10.6 Å². The second kappa shape index (κ2) is 6.19. The second-order valence-electron chi connectivity index (χ2n) is 5.37. The first-order valence-electron chi connectivity index (χ1n) is 7.25. The molecule has 0 bridgehead atoms. The van der Waals surface area contributed by atoms with Crippen molar-refractivity contribution >= 4 is 15.8 Å². The molecule has 7 heteroatoms. The monoisotopic (exact) mass is 334 g/mol. The number of hydrogen-bond acceptors (Lipinski definition) is 6. The van der Waals surface area contributed by atoms with Crippen LogP contribution in [0.1, 0.15) is 5.56 Å². The summed E-state index contributed by atoms with van der Waals surface area (Å²) in [4.78, 5) is 1.82. The van der Waals surface area contributed by atoms with Crippen molar-refractivity contribution in [2.45, 2.75) is 18.2 Å². The summed E-state index contributed by atoms with van der Waals surface area (Å²) in [5.41, 5.74) is 1.67. The molecule has 1 aliphatic heterocycles. The Morgan fingerprint density at radius 3 is 2.57 bits per heavy atom. The third-order valence-electron chi connectivity index (χ3n) is 3.63. The maximum Gasteiger partial charge on any atom is 0.339 e. The van der Waals surface area contributed by atoms with Crippen LogP contribution in [0.5, 0.6) is 5.75 Å². The van der Waals surface area contributed by atoms with E-state index in [1.165, 1.54) is 12.1 Å². The smallest absolute Gasteiger partial charge is 0.339 e. The molecule has 0 radical (unpaired) electrons. The van der Waals surface area contributed by atoms with Gasteiger partial charge in [-0.15, -0.1) is 0 Å². The van der Waals surface area contributed by atoms with E-state index >= 15 is 0 Å². The Balaban J connectivity index is 1.80. The van der Waals surface area contributed by atoms with Gasteiger partial charge in [0, 0.05) is 18.8 Å². The first-order valence-corrected chi connectivity index (χ1v) is 8.66. The first kappa shape index (κ1) is 15.8. The number of aliphatic hydroxyl groups is 1. The Bertz CT molecular complexity index is 790. The van der Waals surface area contributed by atoms with Crippen molar-refractivity contribution in [1.29, 1.82) is 0 Å². The van der Waals surface area contributed by atoms with Crippen LogP contribution in [0.3, 0.4) is 0 Å². The van der Waals surface area contributed by atoms with E-state index in [-0.39, 0.29) is 10.6 Å². The minimum Gasteiger partial charge on any atom is -0.379 e. The van der Waals surface area contributed by atoms with Gasteiger partial charge in [0.2, 0.25) is 0 Å². The third-order valence-corrected chi connectivity index (χ3v) is 4.89. The molecule has 0 aliphatic carbocycles. The molecule has 1 heterocycles. The van der Waals surface area contributed by atoms with E-state index in [1.54, 1.807) is 35.2 Å². The van der Waals surface area contributed by atoms with E-state index in [0.29, 0.717) is 13.1 Å². The van der Waals surface area contributed by atoms with Crippen molar-refractivity contribution < 1.29 is 17.7 Å². The van der Waals surface area contributed by atoms with E-state index in [0.717, 1.165) is 11.3 Å². The van der Waals surface area contributed by atoms with Gasteiger partial charge in [0.05, 0.1) is 0 Å². The molecule has 2 N–H and O–H groups in total. The van der Waals surface area contributed by atoms with E-state index < -0.39 is 16.5 Å². The van der Waals surface area contributed by atoms with Crippen LogP contribution >= 0.6 is 0 Å². The number of aryl methyl sites for hydroxylation is 1. The molecule has 0 aromatic heterocycles. The van der Waals surface area contributed by atoms with E-state index in [2.05, 4.69) is 5.32 Å². The standard InChI is InChI=1S/C16H18N2O4S/c1-12-3-2-4-14(11-12)22-23(20,21)15-7-5-13(6-8-15)18-10-9-17-16(18)19/h2-8,11,16-17,19H,9-10H2,1H3. The zero-order valence-corrected chi connectivity index (χ0v) is 13.5. The maximum atomic E-state index is 12.3. The molecule has 0 amide bonds. The van der Waals surface area contributed by atoms with Crippen molar-refractivity contribution in [2.24, 2.45) is 0 Å². The van der Waals surface area contributed by atoms with E-state index in [4.69, 9.17) is 4.18 Å². The lowest BCUT2D eigenvalue weighted by Gasteiger charge is -2.21. The highest BCUT2D eigenvalue weighted by atomic mass is 32.2. The molecule has 2 aromatic rings. The molecule has 1 saturated heterocycles. The number of rotatable bonds is 4. The highest BCUT2D eigenvalue weighted by molar-refractivity contribution is 7.87. The number of aliphatic hydroxyl groups excluding tert-OH is 1. The van der Waals surface area contributed by atoms with Crippen LogP contribution in [0.2, 0.25) is 0 Å². The fourth-order valence-electron chi connectivity index (χ4n) is 2.46. The summed E-state index contributed by atoms with van der Waals surface area (Å²) in [5.74, 6) is 0.285. The summed E-state index contributed by atoms with van der Waals surface area (Å²) in [6, 6.07) is 13.1. The van der Waals surface area contributed by atoms with Gasteiger partial charge in [-0.25, -0.2) is 0 Å². The van der Waals surface area contributed by atoms with Crippen LogP contribution in [-0.4, -0.2) is 33.0 Å². The fourth-order valence-corrected chi connectivity index (χ4v) is 3.39. The van der Waals surface area contributed by atoms with Gasteiger partial charge in [-0.2, -0.15) is 8.42 Å². The van der Waals surface area contributed by atoms with E-state index in [9.17, 15) is 13.5 Å². The normalized spacial score (nSPS) is 18.2. The Hall–Kier alpha value is -2.09. The summed E-state index contributed by atoms with van der Waals surface area (Å²) in [5, 5.41) is 12.7. The molecular formula is C16H18N2O4S. The minimum atomic E-state index is -3.88. The average Bonchev–Trinajstić information content (AvgIpc) is 2.93. The number of benzene rings is 2. The highest BCUT2D eigenvalue weighted by Crippen LogP contribution is 2.23. The molecule has 122 valence electrons. The van der Waals surface area contributed by atoms with Gasteiger partial charge in [-0.3, -0.25) is 5.32 Å². The Labute approximate surface area is 135 Å². The van der Waals surface area contributed by atoms with Crippen molar-refractivity contribution in [3.05, 3.63) is 54.1 Å². The van der Waals surface area contributed by atoms with Crippen molar-refractivity contribution in [3.63, 3.8) is 0 Å². The zero-order chi connectivity index (χ0) is 16.4. The van der Waals surface area contributed by atoms with Gasteiger partial charge < -0.3 is 14.2 Å². The molecule has 0 spiro atoms. The predicted molar refractivity (Wildman–Crippen MR) is 86.8 cm³/mol. The van der Waals surface area contributed by atoms with Crippen LogP contribution in [0.15, 0.2) is 53.4 Å². The topological polar surface area (TPSA) is 78.9 Å². The molecule has 1 unspecified atom stereocenters. The SMILES string of the molecule is Cc1cccc(OS(=O)(=O)c2ccc(N3CCNC3O)cc2)c1. The lowest BCUT2D eigenvalue weighted by atomic mass is 10.2. The molecule has 3 rings (SSSR count). The summed E-state index contributed by atoms with van der Waals surface area (Å²) in [7, 11) is -3.88. The predicted octanol–water partition coefficient (Wildman–Crippen LogP) is 1.45. The maximum absolute atomic E-state index is 12.3. The molecule has 2 aromatic carbocycles. The Morgan fingerprint density at radius 2 is 1.96 bits per heavy atom. The van der Waals surface area contributed by atoms with Crippen LogP contribution in [0, 0.1) is 6.92 Å². The van der Waals surface area contributed by atoms with Gasteiger partial charge in [-0.05, 0) is 48.9 Å². The fraction of sp³-hybridized carbons (Fsp3) is 0.250. The highest BCUT2D eigenvalue weighted by Gasteiger charge is 2.23. The van der Waals surface area contributed by atoms with Crippen LogP contribution in [0.4, 0.5) is 5.69 Å². The largest absolute Gasteiger partial charge is 0.379 e. The van der Waals surface area contributed by atoms with Gasteiger partial charge in [-0.1, -0.05) is 12.1 Å². The van der Waals surface area contributed by atoms with Crippen molar-refractivity contribution in [2.75, 3.05) is 18.0 Å². The summed E-state index contributed by atoms with van der Waals surface area (Å²) >= 11 is 0. The number of nitrogens with zero attached hydrogens (tertiary/aromatic N) is 1. The number of anilines is 1. The lowest BCUT2D eigenvalue weighted by molar-refractivity contribution is 0.163. The molecule has 6 nitrogen and oxygen atoms in total. The first-order chi connectivity index (χ1) is 11.0. The summed E-state index contributed by atoms with van der Waals surface area (Å²) in [6.07, 6.45) is -0.749. The Morgan fingerprint density at radius 1 is 1.22 bits per heavy atom. The van der Waals surface area contributed by atoms with Gasteiger partial charge in [0.15, 0.2) is 6.35 Å². The van der Waals surface area contributed by atoms with Crippen LogP contribution in [0.25, 0.3) is 0 Å². The Kier molecular flexibility index (Phi) is 4.25. The van der Waals surface area contributed by atoms with Crippen LogP contribution in [-0.2, 0) is 10.1 Å². The average molecular weight is 334 g/mol. The second-order valence-corrected chi connectivity index (χ2v) is 6.92. The molecule has 23 heavy (non-hydrogen) atoms. The third kappa shape index (κ3) is 3.47. The quantitative estimate of drug-likeness (QED) is 0.824. The molecule has 1 atom stereocenters. The summed E-state index contributed by atoms with van der Waals surface area (Å²) < 4.78 is 29.8. The molecule has 0 saturated carbocycles. The van der Waals surface area contributed by atoms with Crippen molar-refractivity contribution in [3.8, 4) is 5.75 Å². The number of hydrogen-bond donors (Lipinski definition) is 2. The number of nitrogens with one attached hydrogen (secondary N) is 1. The summed E-state index contributed by atoms with van der Waals surface area (Å²) in [6.45, 7) is 3.20. The molecular weight excluding hydrogens is 316 g/mol. The van der Waals surface area contributed by atoms with E-state index in [1.807, 2.05) is 13.0 Å². The van der Waals surface area contributed by atoms with Gasteiger partial charge >= 0.3 is 10.1 Å². The lowest BCUT2D eigenvalue weighted by Crippen LogP contribution is -2.35. The van der Waals surface area contributed by atoms with Crippen molar-refractivity contribution in [1.82, 2.24) is 5.32 Å².